The van der Waals surface area contributed by atoms with E-state index in [-0.39, 0.29) is 0 Å². The van der Waals surface area contributed by atoms with Crippen molar-refractivity contribution >= 4 is 0 Å². The Morgan fingerprint density at radius 3 is 2.31 bits per heavy atom. The third-order valence-corrected chi connectivity index (χ3v) is 3.74. The first-order chi connectivity index (χ1) is 7.75. The monoisotopic (exact) mass is 218 g/mol. The van der Waals surface area contributed by atoms with Gasteiger partial charge in [0.25, 0.3) is 0 Å². The number of benzene rings is 1. The summed E-state index contributed by atoms with van der Waals surface area (Å²) in [4.78, 5) is 0. The van der Waals surface area contributed by atoms with Crippen molar-refractivity contribution in [3.63, 3.8) is 0 Å². The van der Waals surface area contributed by atoms with Gasteiger partial charge in [-0.1, -0.05) is 30.3 Å². The molecule has 0 aromatic heterocycles. The second-order valence-corrected chi connectivity index (χ2v) is 5.03. The molecule has 16 heavy (non-hydrogen) atoms. The summed E-state index contributed by atoms with van der Waals surface area (Å²) in [6.07, 6.45) is 5.70. The highest BCUT2D eigenvalue weighted by Crippen LogP contribution is 2.26. The summed E-state index contributed by atoms with van der Waals surface area (Å²) < 4.78 is 0. The quantitative estimate of drug-likeness (QED) is 0.816. The normalized spacial score (nSPS) is 27.6. The molecule has 0 amide bonds. The van der Waals surface area contributed by atoms with Crippen molar-refractivity contribution in [1.29, 1.82) is 0 Å². The zero-order valence-electron chi connectivity index (χ0n) is 9.81. The van der Waals surface area contributed by atoms with Crippen molar-refractivity contribution < 1.29 is 0 Å². The van der Waals surface area contributed by atoms with Crippen molar-refractivity contribution in [2.75, 3.05) is 0 Å². The molecule has 0 heterocycles. The van der Waals surface area contributed by atoms with Gasteiger partial charge in [0.2, 0.25) is 0 Å². The molecule has 0 bridgehead atoms. The van der Waals surface area contributed by atoms with Crippen LogP contribution in [0.25, 0.3) is 0 Å². The van der Waals surface area contributed by atoms with Crippen LogP contribution in [0.3, 0.4) is 0 Å². The van der Waals surface area contributed by atoms with E-state index < -0.39 is 0 Å². The second kappa shape index (κ2) is 5.46. The lowest BCUT2D eigenvalue weighted by atomic mass is 9.80. The Kier molecular flexibility index (Phi) is 3.97. The SMILES string of the molecule is NC1CCC(C(N)Cc2ccccc2)CC1. The van der Waals surface area contributed by atoms with E-state index in [2.05, 4.69) is 30.3 Å². The fourth-order valence-corrected chi connectivity index (χ4v) is 2.63. The molecule has 2 rings (SSSR count). The van der Waals surface area contributed by atoms with Gasteiger partial charge in [0.15, 0.2) is 0 Å². The van der Waals surface area contributed by atoms with Crippen molar-refractivity contribution in [2.45, 2.75) is 44.2 Å². The molecule has 0 aliphatic heterocycles. The minimum Gasteiger partial charge on any atom is -0.328 e. The first-order valence-corrected chi connectivity index (χ1v) is 6.31. The zero-order valence-corrected chi connectivity index (χ0v) is 9.81. The molecule has 88 valence electrons. The summed E-state index contributed by atoms with van der Waals surface area (Å²) in [6, 6.07) is 11.3. The molecule has 1 atom stereocenters. The van der Waals surface area contributed by atoms with Crippen LogP contribution in [0.1, 0.15) is 31.2 Å². The summed E-state index contributed by atoms with van der Waals surface area (Å²) >= 11 is 0. The molecule has 2 heteroatoms. The van der Waals surface area contributed by atoms with Crippen LogP contribution in [-0.2, 0) is 6.42 Å². The predicted molar refractivity (Wildman–Crippen MR) is 68.1 cm³/mol. The van der Waals surface area contributed by atoms with Crippen molar-refractivity contribution in [2.24, 2.45) is 17.4 Å². The maximum Gasteiger partial charge on any atom is 0.0108 e. The lowest BCUT2D eigenvalue weighted by Gasteiger charge is -2.30. The van der Waals surface area contributed by atoms with Gasteiger partial charge in [-0.15, -0.1) is 0 Å². The Bertz CT molecular complexity index is 302. The molecule has 0 spiro atoms. The van der Waals surface area contributed by atoms with Gasteiger partial charge in [0.05, 0.1) is 0 Å². The highest BCUT2D eigenvalue weighted by Gasteiger charge is 2.23. The van der Waals surface area contributed by atoms with Crippen molar-refractivity contribution in [3.05, 3.63) is 35.9 Å². The molecular formula is C14H22N2. The predicted octanol–water partition coefficient (Wildman–Crippen LogP) is 2.07. The molecule has 1 aromatic carbocycles. The third-order valence-electron chi connectivity index (χ3n) is 3.74. The molecule has 1 unspecified atom stereocenters. The summed E-state index contributed by atoms with van der Waals surface area (Å²) in [5, 5.41) is 0. The van der Waals surface area contributed by atoms with Crippen LogP contribution in [0.5, 0.6) is 0 Å². The van der Waals surface area contributed by atoms with Crippen LogP contribution in [0.15, 0.2) is 30.3 Å². The molecule has 0 radical (unpaired) electrons. The van der Waals surface area contributed by atoms with Crippen LogP contribution in [0.4, 0.5) is 0 Å². The number of hydrogen-bond acceptors (Lipinski definition) is 2. The number of rotatable bonds is 3. The lowest BCUT2D eigenvalue weighted by molar-refractivity contribution is 0.281. The van der Waals surface area contributed by atoms with Crippen LogP contribution in [-0.4, -0.2) is 12.1 Å². The van der Waals surface area contributed by atoms with E-state index >= 15 is 0 Å². The molecule has 1 aromatic rings. The average molecular weight is 218 g/mol. The van der Waals surface area contributed by atoms with Crippen LogP contribution in [0.2, 0.25) is 0 Å². The largest absolute Gasteiger partial charge is 0.328 e. The van der Waals surface area contributed by atoms with E-state index in [4.69, 9.17) is 11.5 Å². The fourth-order valence-electron chi connectivity index (χ4n) is 2.63. The minimum absolute atomic E-state index is 0.301. The maximum atomic E-state index is 6.29. The average Bonchev–Trinajstić information content (AvgIpc) is 2.31. The van der Waals surface area contributed by atoms with E-state index in [0.29, 0.717) is 18.0 Å². The second-order valence-electron chi connectivity index (χ2n) is 5.03. The molecule has 2 nitrogen and oxygen atoms in total. The molecule has 1 fully saturated rings. The van der Waals surface area contributed by atoms with E-state index in [1.165, 1.54) is 18.4 Å². The molecular weight excluding hydrogens is 196 g/mol. The Balaban J connectivity index is 1.86. The van der Waals surface area contributed by atoms with E-state index in [1.54, 1.807) is 0 Å². The number of hydrogen-bond donors (Lipinski definition) is 2. The van der Waals surface area contributed by atoms with Gasteiger partial charge in [-0.25, -0.2) is 0 Å². The van der Waals surface area contributed by atoms with E-state index in [0.717, 1.165) is 19.3 Å². The van der Waals surface area contributed by atoms with Gasteiger partial charge in [-0.05, 0) is 43.6 Å². The summed E-state index contributed by atoms with van der Waals surface area (Å²) in [6.45, 7) is 0. The summed E-state index contributed by atoms with van der Waals surface area (Å²) in [7, 11) is 0. The van der Waals surface area contributed by atoms with Gasteiger partial charge >= 0.3 is 0 Å². The first-order valence-electron chi connectivity index (χ1n) is 6.31. The van der Waals surface area contributed by atoms with Crippen LogP contribution in [0, 0.1) is 5.92 Å². The fraction of sp³-hybridized carbons (Fsp3) is 0.571. The Labute approximate surface area is 98.0 Å². The maximum absolute atomic E-state index is 6.29. The van der Waals surface area contributed by atoms with Gasteiger partial charge in [0.1, 0.15) is 0 Å². The first kappa shape index (κ1) is 11.6. The Morgan fingerprint density at radius 2 is 1.69 bits per heavy atom. The van der Waals surface area contributed by atoms with Gasteiger partial charge in [-0.2, -0.15) is 0 Å². The van der Waals surface area contributed by atoms with Gasteiger partial charge in [-0.3, -0.25) is 0 Å². The van der Waals surface area contributed by atoms with Crippen molar-refractivity contribution in [1.82, 2.24) is 0 Å². The smallest absolute Gasteiger partial charge is 0.0108 e. The third kappa shape index (κ3) is 3.06. The summed E-state index contributed by atoms with van der Waals surface area (Å²) in [5.41, 5.74) is 13.5. The Morgan fingerprint density at radius 1 is 1.06 bits per heavy atom. The van der Waals surface area contributed by atoms with Gasteiger partial charge in [0, 0.05) is 12.1 Å². The van der Waals surface area contributed by atoms with E-state index in [1.807, 2.05) is 0 Å². The number of nitrogens with two attached hydrogens (primary N) is 2. The van der Waals surface area contributed by atoms with Crippen LogP contribution < -0.4 is 11.5 Å². The van der Waals surface area contributed by atoms with Crippen molar-refractivity contribution in [3.8, 4) is 0 Å². The molecule has 0 saturated heterocycles. The Hall–Kier alpha value is -0.860. The molecule has 1 saturated carbocycles. The molecule has 4 N–H and O–H groups in total. The molecule has 1 aliphatic carbocycles. The summed E-state index contributed by atoms with van der Waals surface area (Å²) in [5.74, 6) is 0.667. The topological polar surface area (TPSA) is 52.0 Å². The lowest BCUT2D eigenvalue weighted by Crippen LogP contribution is -2.37. The highest BCUT2D eigenvalue weighted by molar-refractivity contribution is 5.16. The van der Waals surface area contributed by atoms with E-state index in [9.17, 15) is 0 Å². The standard InChI is InChI=1S/C14H22N2/c15-13-8-6-12(7-9-13)14(16)10-11-4-2-1-3-5-11/h1-5,12-14H,6-10,15-16H2. The van der Waals surface area contributed by atoms with Gasteiger partial charge < -0.3 is 11.5 Å². The minimum atomic E-state index is 0.301. The van der Waals surface area contributed by atoms with Crippen LogP contribution >= 0.6 is 0 Å². The highest BCUT2D eigenvalue weighted by atomic mass is 14.7. The molecule has 1 aliphatic rings. The zero-order chi connectivity index (χ0) is 11.4.